The monoisotopic (exact) mass is 446 g/mol. The van der Waals surface area contributed by atoms with Crippen molar-refractivity contribution in [2.45, 2.75) is 31.1 Å². The van der Waals surface area contributed by atoms with Crippen LogP contribution in [0.2, 0.25) is 0 Å². The number of aromatic nitrogens is 1. The van der Waals surface area contributed by atoms with E-state index in [2.05, 4.69) is 26.2 Å². The van der Waals surface area contributed by atoms with Gasteiger partial charge in [-0.1, -0.05) is 34.8 Å². The highest BCUT2D eigenvalue weighted by Gasteiger charge is 2.53. The van der Waals surface area contributed by atoms with Gasteiger partial charge in [0.05, 0.1) is 17.4 Å². The van der Waals surface area contributed by atoms with E-state index in [4.69, 9.17) is 11.0 Å². The highest BCUT2D eigenvalue weighted by Crippen LogP contribution is 2.48. The van der Waals surface area contributed by atoms with Crippen LogP contribution in [-0.4, -0.2) is 34.4 Å². The maximum Gasteiger partial charge on any atom is 0.352 e. The first-order chi connectivity index (χ1) is 13.3. The first-order valence-electron chi connectivity index (χ1n) is 8.82. The van der Waals surface area contributed by atoms with E-state index >= 15 is 0 Å². The molecule has 8 nitrogen and oxygen atoms in total. The molecule has 2 atom stereocenters. The molecular weight excluding hydrogens is 428 g/mol. The first kappa shape index (κ1) is 19.9. The number of nitrogens with zero attached hydrogens (tertiary/aromatic N) is 1. The lowest BCUT2D eigenvalue weighted by Gasteiger charge is -2.41. The Morgan fingerprint density at radius 3 is 2.79 bits per heavy atom. The number of benzene rings is 1. The predicted octanol–water partition coefficient (Wildman–Crippen LogP) is 2.18. The van der Waals surface area contributed by atoms with Crippen LogP contribution in [-0.2, 0) is 15.0 Å². The first-order valence-corrected chi connectivity index (χ1v) is 9.61. The molecule has 28 heavy (non-hydrogen) atoms. The molecule has 0 aliphatic heterocycles. The quantitative estimate of drug-likeness (QED) is 0.519. The standard InChI is InChI=1S/C19H19BrN4O4/c20-10-4-5-11-13(9-10)24-15(17(26)27)14(11)19(18(22)28)6-2-1-3-12(19)16(25)23-8-7-21/h4-5,9,12,24H,1-3,6,8H2,(H2,22,28)(H,23,25)(H,26,27)/t12-,19-/m0/s1. The molecule has 146 valence electrons. The van der Waals surface area contributed by atoms with Gasteiger partial charge in [-0.25, -0.2) is 4.79 Å². The van der Waals surface area contributed by atoms with Crippen LogP contribution in [0.1, 0.15) is 41.7 Å². The topological polar surface area (TPSA) is 149 Å². The molecule has 1 heterocycles. The second-order valence-electron chi connectivity index (χ2n) is 6.88. The third-order valence-corrected chi connectivity index (χ3v) is 5.92. The molecule has 2 aromatic rings. The van der Waals surface area contributed by atoms with Gasteiger partial charge in [0.2, 0.25) is 11.8 Å². The summed E-state index contributed by atoms with van der Waals surface area (Å²) in [4.78, 5) is 40.5. The third kappa shape index (κ3) is 3.14. The molecule has 3 rings (SSSR count). The number of hydrogen-bond donors (Lipinski definition) is 4. The Morgan fingerprint density at radius 2 is 2.14 bits per heavy atom. The summed E-state index contributed by atoms with van der Waals surface area (Å²) in [5.41, 5.74) is 4.99. The summed E-state index contributed by atoms with van der Waals surface area (Å²) in [6.45, 7) is -0.198. The molecule has 2 amide bonds. The van der Waals surface area contributed by atoms with E-state index in [1.807, 2.05) is 6.07 Å². The Bertz CT molecular complexity index is 1010. The minimum atomic E-state index is -1.47. The Morgan fingerprint density at radius 1 is 1.39 bits per heavy atom. The number of H-pyrrole nitrogens is 1. The Hall–Kier alpha value is -2.86. The number of carbonyl (C=O) groups is 3. The summed E-state index contributed by atoms with van der Waals surface area (Å²) in [6, 6.07) is 7.01. The zero-order valence-corrected chi connectivity index (χ0v) is 16.5. The number of halogens is 1. The minimum absolute atomic E-state index is 0.146. The van der Waals surface area contributed by atoms with E-state index in [0.717, 1.165) is 4.47 Å². The molecule has 0 saturated heterocycles. The van der Waals surface area contributed by atoms with Crippen molar-refractivity contribution >= 4 is 44.6 Å². The maximum absolute atomic E-state index is 12.8. The minimum Gasteiger partial charge on any atom is -0.477 e. The number of amides is 2. The zero-order valence-electron chi connectivity index (χ0n) is 14.9. The molecule has 5 N–H and O–H groups in total. The van der Waals surface area contributed by atoms with Crippen LogP contribution in [0.15, 0.2) is 22.7 Å². The lowest BCUT2D eigenvalue weighted by atomic mass is 9.61. The van der Waals surface area contributed by atoms with Crippen molar-refractivity contribution < 1.29 is 19.5 Å². The smallest absolute Gasteiger partial charge is 0.352 e. The van der Waals surface area contributed by atoms with Gasteiger partial charge in [-0.3, -0.25) is 9.59 Å². The molecule has 1 aromatic heterocycles. The fraction of sp³-hybridized carbons (Fsp3) is 0.368. The number of nitrogens with one attached hydrogen (secondary N) is 2. The second-order valence-corrected chi connectivity index (χ2v) is 7.80. The number of aromatic amines is 1. The SMILES string of the molecule is N#CCNC(=O)[C@@H]1CCCC[C@@]1(C(N)=O)c1c(C(=O)O)[nH]c2cc(Br)ccc12. The van der Waals surface area contributed by atoms with Gasteiger partial charge in [-0.2, -0.15) is 5.26 Å². The van der Waals surface area contributed by atoms with Crippen molar-refractivity contribution in [1.82, 2.24) is 10.3 Å². The molecule has 0 bridgehead atoms. The van der Waals surface area contributed by atoms with E-state index in [1.165, 1.54) is 0 Å². The van der Waals surface area contributed by atoms with Crippen LogP contribution in [0.5, 0.6) is 0 Å². The van der Waals surface area contributed by atoms with Crippen molar-refractivity contribution in [3.63, 3.8) is 0 Å². The molecule has 1 aliphatic rings. The van der Waals surface area contributed by atoms with Crippen LogP contribution >= 0.6 is 15.9 Å². The number of nitriles is 1. The van der Waals surface area contributed by atoms with E-state index in [-0.39, 0.29) is 24.2 Å². The summed E-state index contributed by atoms with van der Waals surface area (Å²) < 4.78 is 0.741. The van der Waals surface area contributed by atoms with Gasteiger partial charge in [0.25, 0.3) is 0 Å². The largest absolute Gasteiger partial charge is 0.477 e. The summed E-state index contributed by atoms with van der Waals surface area (Å²) in [7, 11) is 0. The van der Waals surface area contributed by atoms with E-state index in [9.17, 15) is 19.5 Å². The van der Waals surface area contributed by atoms with Gasteiger partial charge in [-0.05, 0) is 25.0 Å². The normalized spacial score (nSPS) is 21.8. The van der Waals surface area contributed by atoms with E-state index in [0.29, 0.717) is 30.2 Å². The summed E-state index contributed by atoms with van der Waals surface area (Å²) in [5.74, 6) is -3.30. The summed E-state index contributed by atoms with van der Waals surface area (Å²) in [6.07, 6.45) is 1.97. The van der Waals surface area contributed by atoms with Crippen molar-refractivity contribution in [3.8, 4) is 6.07 Å². The lowest BCUT2D eigenvalue weighted by Crippen LogP contribution is -2.54. The zero-order chi connectivity index (χ0) is 20.5. The molecule has 0 radical (unpaired) electrons. The van der Waals surface area contributed by atoms with Gasteiger partial charge in [0.15, 0.2) is 0 Å². The highest BCUT2D eigenvalue weighted by molar-refractivity contribution is 9.10. The van der Waals surface area contributed by atoms with Gasteiger partial charge in [-0.15, -0.1) is 0 Å². The van der Waals surface area contributed by atoms with E-state index < -0.39 is 29.1 Å². The maximum atomic E-state index is 12.8. The van der Waals surface area contributed by atoms with Crippen LogP contribution in [0, 0.1) is 17.2 Å². The number of nitrogens with two attached hydrogens (primary N) is 1. The number of aromatic carboxylic acids is 1. The fourth-order valence-electron chi connectivity index (χ4n) is 4.29. The van der Waals surface area contributed by atoms with Gasteiger partial charge >= 0.3 is 5.97 Å². The highest BCUT2D eigenvalue weighted by atomic mass is 79.9. The van der Waals surface area contributed by atoms with E-state index in [1.54, 1.807) is 18.2 Å². The van der Waals surface area contributed by atoms with Crippen LogP contribution in [0.25, 0.3) is 10.9 Å². The number of hydrogen-bond acceptors (Lipinski definition) is 4. The fourth-order valence-corrected chi connectivity index (χ4v) is 4.65. The van der Waals surface area contributed by atoms with Crippen LogP contribution in [0.4, 0.5) is 0 Å². The number of primary amides is 1. The molecule has 1 fully saturated rings. The average molecular weight is 447 g/mol. The Labute approximate surface area is 169 Å². The van der Waals surface area contributed by atoms with Gasteiger partial charge in [0, 0.05) is 20.9 Å². The van der Waals surface area contributed by atoms with Gasteiger partial charge in [0.1, 0.15) is 12.2 Å². The molecular formula is C19H19BrN4O4. The molecule has 0 unspecified atom stereocenters. The number of carbonyl (C=O) groups excluding carboxylic acids is 2. The third-order valence-electron chi connectivity index (χ3n) is 5.43. The van der Waals surface area contributed by atoms with Crippen molar-refractivity contribution in [3.05, 3.63) is 33.9 Å². The summed E-state index contributed by atoms with van der Waals surface area (Å²) >= 11 is 3.35. The molecule has 1 aliphatic carbocycles. The van der Waals surface area contributed by atoms with Crippen molar-refractivity contribution in [2.75, 3.05) is 6.54 Å². The van der Waals surface area contributed by atoms with Crippen LogP contribution < -0.4 is 11.1 Å². The van der Waals surface area contributed by atoms with Crippen molar-refractivity contribution in [1.29, 1.82) is 5.26 Å². The summed E-state index contributed by atoms with van der Waals surface area (Å²) in [5, 5.41) is 21.6. The Balaban J connectivity index is 2.30. The second kappa shape index (κ2) is 7.64. The predicted molar refractivity (Wildman–Crippen MR) is 104 cm³/mol. The Kier molecular flexibility index (Phi) is 5.42. The average Bonchev–Trinajstić information content (AvgIpc) is 3.04. The number of carboxylic acid groups (broad SMARTS) is 1. The van der Waals surface area contributed by atoms with Crippen LogP contribution in [0.3, 0.4) is 0 Å². The molecule has 1 aromatic carbocycles. The van der Waals surface area contributed by atoms with Gasteiger partial charge < -0.3 is 21.1 Å². The molecule has 1 saturated carbocycles. The number of fused-ring (bicyclic) bond motifs is 1. The lowest BCUT2D eigenvalue weighted by molar-refractivity contribution is -0.137. The molecule has 9 heteroatoms. The number of carboxylic acids is 1. The molecule has 0 spiro atoms. The van der Waals surface area contributed by atoms with Crippen molar-refractivity contribution in [2.24, 2.45) is 11.7 Å². The number of rotatable bonds is 5.